The first-order valence-electron chi connectivity index (χ1n) is 9.08. The molecule has 27 heavy (non-hydrogen) atoms. The Hall–Kier alpha value is -2.04. The molecule has 1 aromatic rings. The molecule has 0 aliphatic carbocycles. The number of nitrogens with two attached hydrogens (primary N) is 1. The van der Waals surface area contributed by atoms with E-state index < -0.39 is 14.9 Å². The van der Waals surface area contributed by atoms with Gasteiger partial charge in [0.05, 0.1) is 15.7 Å². The lowest BCUT2D eigenvalue weighted by molar-refractivity contribution is -0.384. The molecule has 2 atom stereocenters. The molecule has 0 saturated carbocycles. The van der Waals surface area contributed by atoms with Gasteiger partial charge in [0.2, 0.25) is 15.9 Å². The molecule has 1 aromatic carbocycles. The van der Waals surface area contributed by atoms with E-state index in [0.29, 0.717) is 32.5 Å². The predicted molar refractivity (Wildman–Crippen MR) is 98.4 cm³/mol. The Morgan fingerprint density at radius 1 is 1.11 bits per heavy atom. The summed E-state index contributed by atoms with van der Waals surface area (Å²) in [5.74, 6) is -0.411. The minimum Gasteiger partial charge on any atom is -0.341 e. The zero-order chi connectivity index (χ0) is 19.6. The standard InChI is InChI=1S/C17H24N4O5S/c18-14-4-2-9-19(12-14)17(22)13-3-1-10-20(11-13)27(25,26)16-7-5-15(6-8-16)21(23)24/h5-8,13-14H,1-4,9-12,18H2. The van der Waals surface area contributed by atoms with E-state index in [1.807, 2.05) is 0 Å². The van der Waals surface area contributed by atoms with Gasteiger partial charge in [-0.15, -0.1) is 0 Å². The molecule has 2 saturated heterocycles. The highest BCUT2D eigenvalue weighted by Crippen LogP contribution is 2.26. The van der Waals surface area contributed by atoms with Gasteiger partial charge in [-0.2, -0.15) is 4.31 Å². The van der Waals surface area contributed by atoms with Gasteiger partial charge >= 0.3 is 0 Å². The minimum atomic E-state index is -3.80. The number of rotatable bonds is 4. The number of carbonyl (C=O) groups excluding carboxylic acids is 1. The number of nitro benzene ring substituents is 1. The molecule has 2 aliphatic heterocycles. The van der Waals surface area contributed by atoms with Gasteiger partial charge in [-0.3, -0.25) is 14.9 Å². The summed E-state index contributed by atoms with van der Waals surface area (Å²) in [6, 6.07) is 4.81. The number of nitro groups is 1. The largest absolute Gasteiger partial charge is 0.341 e. The van der Waals surface area contributed by atoms with Crippen molar-refractivity contribution in [2.24, 2.45) is 11.7 Å². The fraction of sp³-hybridized carbons (Fsp3) is 0.588. The molecule has 2 fully saturated rings. The maximum Gasteiger partial charge on any atom is 0.269 e. The molecule has 0 aromatic heterocycles. The number of amides is 1. The maximum absolute atomic E-state index is 12.9. The number of nitrogens with zero attached hydrogens (tertiary/aromatic N) is 3. The number of hydrogen-bond donors (Lipinski definition) is 1. The molecule has 0 radical (unpaired) electrons. The lowest BCUT2D eigenvalue weighted by Gasteiger charge is -2.37. The molecule has 10 heteroatoms. The van der Waals surface area contributed by atoms with Crippen LogP contribution in [0.1, 0.15) is 25.7 Å². The molecule has 0 spiro atoms. The molecule has 2 unspecified atom stereocenters. The number of carbonyl (C=O) groups is 1. The second-order valence-corrected chi connectivity index (χ2v) is 9.08. The van der Waals surface area contributed by atoms with Crippen molar-refractivity contribution in [1.82, 2.24) is 9.21 Å². The van der Waals surface area contributed by atoms with E-state index in [1.165, 1.54) is 28.6 Å². The molecule has 3 rings (SSSR count). The second-order valence-electron chi connectivity index (χ2n) is 7.14. The lowest BCUT2D eigenvalue weighted by Crippen LogP contribution is -2.51. The highest BCUT2D eigenvalue weighted by molar-refractivity contribution is 7.89. The van der Waals surface area contributed by atoms with Gasteiger partial charge in [-0.1, -0.05) is 0 Å². The van der Waals surface area contributed by atoms with Crippen LogP contribution < -0.4 is 5.73 Å². The average molecular weight is 396 g/mol. The number of sulfonamides is 1. The second kappa shape index (κ2) is 7.91. The van der Waals surface area contributed by atoms with Crippen molar-refractivity contribution in [3.8, 4) is 0 Å². The third kappa shape index (κ3) is 4.28. The number of hydrogen-bond acceptors (Lipinski definition) is 6. The van der Waals surface area contributed by atoms with Crippen molar-refractivity contribution in [3.63, 3.8) is 0 Å². The van der Waals surface area contributed by atoms with Gasteiger partial charge in [0.1, 0.15) is 0 Å². The van der Waals surface area contributed by atoms with Gasteiger partial charge in [0.25, 0.3) is 5.69 Å². The van der Waals surface area contributed by atoms with Crippen LogP contribution in [0.3, 0.4) is 0 Å². The highest BCUT2D eigenvalue weighted by Gasteiger charge is 2.36. The molecular formula is C17H24N4O5S. The zero-order valence-electron chi connectivity index (χ0n) is 15.0. The molecule has 2 N–H and O–H groups in total. The number of likely N-dealkylation sites (tertiary alicyclic amines) is 1. The van der Waals surface area contributed by atoms with Gasteiger partial charge in [-0.05, 0) is 37.8 Å². The Morgan fingerprint density at radius 2 is 1.78 bits per heavy atom. The summed E-state index contributed by atoms with van der Waals surface area (Å²) in [7, 11) is -3.80. The zero-order valence-corrected chi connectivity index (χ0v) is 15.8. The number of non-ortho nitro benzene ring substituents is 1. The molecule has 0 bridgehead atoms. The monoisotopic (exact) mass is 396 g/mol. The summed E-state index contributed by atoms with van der Waals surface area (Å²) in [6.07, 6.45) is 3.01. The van der Waals surface area contributed by atoms with E-state index in [4.69, 9.17) is 5.73 Å². The third-order valence-corrected chi connectivity index (χ3v) is 7.07. The summed E-state index contributed by atoms with van der Waals surface area (Å²) in [6.45, 7) is 1.65. The number of piperidine rings is 2. The van der Waals surface area contributed by atoms with E-state index in [2.05, 4.69) is 0 Å². The first-order chi connectivity index (χ1) is 12.8. The highest BCUT2D eigenvalue weighted by atomic mass is 32.2. The van der Waals surface area contributed by atoms with Gasteiger partial charge < -0.3 is 10.6 Å². The summed E-state index contributed by atoms with van der Waals surface area (Å²) >= 11 is 0. The summed E-state index contributed by atoms with van der Waals surface area (Å²) in [5, 5.41) is 10.7. The Bertz CT molecular complexity index is 811. The lowest BCUT2D eigenvalue weighted by atomic mass is 9.96. The van der Waals surface area contributed by atoms with Crippen molar-refractivity contribution in [2.45, 2.75) is 36.6 Å². The first-order valence-corrected chi connectivity index (χ1v) is 10.5. The molecule has 9 nitrogen and oxygen atoms in total. The quantitative estimate of drug-likeness (QED) is 0.596. The Kier molecular flexibility index (Phi) is 5.78. The van der Waals surface area contributed by atoms with Crippen molar-refractivity contribution in [1.29, 1.82) is 0 Å². The summed E-state index contributed by atoms with van der Waals surface area (Å²) in [4.78, 5) is 24.7. The summed E-state index contributed by atoms with van der Waals surface area (Å²) < 4.78 is 27.1. The molecule has 2 heterocycles. The number of benzene rings is 1. The summed E-state index contributed by atoms with van der Waals surface area (Å²) in [5.41, 5.74) is 5.79. The van der Waals surface area contributed by atoms with E-state index in [9.17, 15) is 23.3 Å². The molecule has 148 valence electrons. The topological polar surface area (TPSA) is 127 Å². The van der Waals surface area contributed by atoms with Gasteiger partial charge in [-0.25, -0.2) is 8.42 Å². The van der Waals surface area contributed by atoms with Crippen molar-refractivity contribution in [2.75, 3.05) is 26.2 Å². The van der Waals surface area contributed by atoms with E-state index in [0.717, 1.165) is 12.8 Å². The van der Waals surface area contributed by atoms with Gasteiger partial charge in [0.15, 0.2) is 0 Å². The maximum atomic E-state index is 12.9. The van der Waals surface area contributed by atoms with Crippen LogP contribution in [0.2, 0.25) is 0 Å². The fourth-order valence-electron chi connectivity index (χ4n) is 3.72. The Labute approximate surface area is 158 Å². The Balaban J connectivity index is 1.72. The van der Waals surface area contributed by atoms with Crippen LogP contribution in [0.4, 0.5) is 5.69 Å². The molecule has 1 amide bonds. The normalized spacial score (nSPS) is 24.6. The smallest absolute Gasteiger partial charge is 0.269 e. The SMILES string of the molecule is NC1CCCN(C(=O)C2CCCN(S(=O)(=O)c3ccc([N+](=O)[O-])cc3)C2)C1. The third-order valence-electron chi connectivity index (χ3n) is 5.19. The van der Waals surface area contributed by atoms with Gasteiger partial charge in [0, 0.05) is 44.4 Å². The van der Waals surface area contributed by atoms with Crippen LogP contribution >= 0.6 is 0 Å². The van der Waals surface area contributed by atoms with E-state index in [1.54, 1.807) is 4.90 Å². The van der Waals surface area contributed by atoms with Crippen molar-refractivity contribution < 1.29 is 18.1 Å². The van der Waals surface area contributed by atoms with Crippen molar-refractivity contribution in [3.05, 3.63) is 34.4 Å². The molecule has 2 aliphatic rings. The van der Waals surface area contributed by atoms with Crippen LogP contribution in [0.25, 0.3) is 0 Å². The minimum absolute atomic E-state index is 0.00111. The van der Waals surface area contributed by atoms with Crippen LogP contribution in [-0.2, 0) is 14.8 Å². The van der Waals surface area contributed by atoms with Crippen molar-refractivity contribution >= 4 is 21.6 Å². The van der Waals surface area contributed by atoms with E-state index in [-0.39, 0.29) is 35.0 Å². The van der Waals surface area contributed by atoms with E-state index >= 15 is 0 Å². The molecular weight excluding hydrogens is 372 g/mol. The predicted octanol–water partition coefficient (Wildman–Crippen LogP) is 0.945. The fourth-order valence-corrected chi connectivity index (χ4v) is 5.24. The van der Waals surface area contributed by atoms with Crippen LogP contribution in [0.5, 0.6) is 0 Å². The Morgan fingerprint density at radius 3 is 2.41 bits per heavy atom. The van der Waals surface area contributed by atoms with Crippen LogP contribution in [0.15, 0.2) is 29.2 Å². The van der Waals surface area contributed by atoms with Crippen LogP contribution in [-0.4, -0.2) is 60.7 Å². The van der Waals surface area contributed by atoms with Crippen LogP contribution in [0, 0.1) is 16.0 Å². The average Bonchev–Trinajstić information content (AvgIpc) is 2.67. The first kappa shape index (κ1) is 19.7.